The molecule has 0 amide bonds. The van der Waals surface area contributed by atoms with Crippen molar-refractivity contribution in [2.24, 2.45) is 0 Å². The minimum absolute atomic E-state index is 0.0258. The summed E-state index contributed by atoms with van der Waals surface area (Å²) < 4.78 is 26.9. The molecule has 0 aliphatic heterocycles. The van der Waals surface area contributed by atoms with Gasteiger partial charge in [0, 0.05) is 24.8 Å². The average molecular weight is 311 g/mol. The van der Waals surface area contributed by atoms with Gasteiger partial charge < -0.3 is 5.11 Å². The highest BCUT2D eigenvalue weighted by molar-refractivity contribution is 7.89. The van der Waals surface area contributed by atoms with Crippen LogP contribution in [0.1, 0.15) is 43.0 Å². The Morgan fingerprint density at radius 1 is 1.29 bits per heavy atom. The van der Waals surface area contributed by atoms with E-state index in [1.54, 1.807) is 12.1 Å². The van der Waals surface area contributed by atoms with E-state index < -0.39 is 10.0 Å². The van der Waals surface area contributed by atoms with Crippen LogP contribution in [0, 0.1) is 0 Å². The zero-order chi connectivity index (χ0) is 15.5. The van der Waals surface area contributed by atoms with Crippen LogP contribution in [0.5, 0.6) is 0 Å². The molecule has 5 nitrogen and oxygen atoms in total. The van der Waals surface area contributed by atoms with Crippen LogP contribution in [0.25, 0.3) is 0 Å². The van der Waals surface area contributed by atoms with Gasteiger partial charge >= 0.3 is 0 Å². The van der Waals surface area contributed by atoms with Gasteiger partial charge in [-0.3, -0.25) is 4.79 Å². The molecule has 1 aliphatic rings. The number of ketones is 1. The maximum atomic E-state index is 12.7. The van der Waals surface area contributed by atoms with Crippen molar-refractivity contribution in [2.75, 3.05) is 13.2 Å². The van der Waals surface area contributed by atoms with Gasteiger partial charge in [0.2, 0.25) is 10.0 Å². The Morgan fingerprint density at radius 2 is 1.90 bits per heavy atom. The van der Waals surface area contributed by atoms with Gasteiger partial charge in [-0.2, -0.15) is 4.31 Å². The lowest BCUT2D eigenvalue weighted by Crippen LogP contribution is -2.44. The third kappa shape index (κ3) is 3.51. The quantitative estimate of drug-likeness (QED) is 0.779. The third-order valence-electron chi connectivity index (χ3n) is 3.89. The van der Waals surface area contributed by atoms with Crippen molar-refractivity contribution in [1.82, 2.24) is 4.31 Å². The molecule has 21 heavy (non-hydrogen) atoms. The van der Waals surface area contributed by atoms with Gasteiger partial charge in [0.15, 0.2) is 5.78 Å². The first-order valence-corrected chi connectivity index (χ1v) is 8.64. The first-order chi connectivity index (χ1) is 9.96. The highest BCUT2D eigenvalue weighted by Crippen LogP contribution is 2.30. The van der Waals surface area contributed by atoms with Gasteiger partial charge in [-0.15, -0.1) is 0 Å². The average Bonchev–Trinajstić information content (AvgIpc) is 2.41. The Hall–Kier alpha value is -1.24. The number of sulfonamides is 1. The number of Topliss-reactive ketones (excluding diaryl/α,β-unsaturated/α-hetero) is 1. The van der Waals surface area contributed by atoms with E-state index in [9.17, 15) is 13.2 Å². The molecule has 0 radical (unpaired) electrons. The molecule has 1 aromatic carbocycles. The van der Waals surface area contributed by atoms with Crippen molar-refractivity contribution in [2.45, 2.75) is 43.5 Å². The van der Waals surface area contributed by atoms with Gasteiger partial charge in [-0.05, 0) is 38.3 Å². The summed E-state index contributed by atoms with van der Waals surface area (Å²) in [7, 11) is -3.56. The summed E-state index contributed by atoms with van der Waals surface area (Å²) in [5.74, 6) is -0.0879. The fourth-order valence-electron chi connectivity index (χ4n) is 2.40. The molecule has 1 saturated carbocycles. The van der Waals surface area contributed by atoms with Crippen LogP contribution in [0.4, 0.5) is 0 Å². The first kappa shape index (κ1) is 16.1. The summed E-state index contributed by atoms with van der Waals surface area (Å²) >= 11 is 0. The number of carbonyl (C=O) groups excluding carboxylic acids is 1. The number of carbonyl (C=O) groups is 1. The highest BCUT2D eigenvalue weighted by atomic mass is 32.2. The lowest BCUT2D eigenvalue weighted by Gasteiger charge is -2.36. The molecule has 0 spiro atoms. The van der Waals surface area contributed by atoms with Crippen molar-refractivity contribution < 1.29 is 18.3 Å². The third-order valence-corrected chi connectivity index (χ3v) is 5.85. The monoisotopic (exact) mass is 311 g/mol. The number of nitrogens with zero attached hydrogens (tertiary/aromatic N) is 1. The first-order valence-electron chi connectivity index (χ1n) is 7.20. The predicted molar refractivity (Wildman–Crippen MR) is 79.7 cm³/mol. The zero-order valence-electron chi connectivity index (χ0n) is 12.2. The predicted octanol–water partition coefficient (Wildman–Crippen LogP) is 1.81. The molecule has 0 atom stereocenters. The van der Waals surface area contributed by atoms with Crippen LogP contribution in [0.2, 0.25) is 0 Å². The van der Waals surface area contributed by atoms with Crippen LogP contribution in [0.15, 0.2) is 29.2 Å². The van der Waals surface area contributed by atoms with Crippen molar-refractivity contribution in [3.05, 3.63) is 29.8 Å². The van der Waals surface area contributed by atoms with Crippen molar-refractivity contribution >= 4 is 15.8 Å². The Kier molecular flexibility index (Phi) is 5.13. The summed E-state index contributed by atoms with van der Waals surface area (Å²) in [5, 5.41) is 8.96. The van der Waals surface area contributed by atoms with Gasteiger partial charge in [0.1, 0.15) is 0 Å². The summed E-state index contributed by atoms with van der Waals surface area (Å²) in [6, 6.07) is 6.09. The molecule has 0 saturated heterocycles. The molecule has 0 unspecified atom stereocenters. The molecule has 2 rings (SSSR count). The summed E-state index contributed by atoms with van der Waals surface area (Å²) in [6.45, 7) is 1.76. The van der Waals surface area contributed by atoms with Crippen LogP contribution < -0.4 is 0 Å². The normalized spacial score (nSPS) is 16.0. The van der Waals surface area contributed by atoms with Crippen LogP contribution in [0.3, 0.4) is 0 Å². The molecule has 1 fully saturated rings. The number of hydrogen-bond acceptors (Lipinski definition) is 4. The maximum absolute atomic E-state index is 12.7. The molecule has 116 valence electrons. The number of aliphatic hydroxyl groups is 1. The molecule has 0 heterocycles. The molecule has 0 bridgehead atoms. The van der Waals surface area contributed by atoms with E-state index in [2.05, 4.69) is 0 Å². The van der Waals surface area contributed by atoms with Crippen molar-refractivity contribution in [3.8, 4) is 0 Å². The molecule has 6 heteroatoms. The summed E-state index contributed by atoms with van der Waals surface area (Å²) in [4.78, 5) is 11.5. The molecule has 0 aromatic heterocycles. The minimum atomic E-state index is -3.56. The number of benzene rings is 1. The summed E-state index contributed by atoms with van der Waals surface area (Å²) in [6.07, 6.45) is 3.22. The van der Waals surface area contributed by atoms with Crippen LogP contribution >= 0.6 is 0 Å². The van der Waals surface area contributed by atoms with Gasteiger partial charge in [0.25, 0.3) is 0 Å². The van der Waals surface area contributed by atoms with E-state index in [0.717, 1.165) is 19.3 Å². The van der Waals surface area contributed by atoms with Crippen LogP contribution in [-0.4, -0.2) is 42.8 Å². The highest BCUT2D eigenvalue weighted by Gasteiger charge is 2.34. The fraction of sp³-hybridized carbons (Fsp3) is 0.533. The largest absolute Gasteiger partial charge is 0.396 e. The number of rotatable bonds is 7. The van der Waals surface area contributed by atoms with Gasteiger partial charge in [-0.1, -0.05) is 18.6 Å². The van der Waals surface area contributed by atoms with Crippen molar-refractivity contribution in [3.63, 3.8) is 0 Å². The second-order valence-corrected chi connectivity index (χ2v) is 7.25. The molecular weight excluding hydrogens is 290 g/mol. The van der Waals surface area contributed by atoms with E-state index in [-0.39, 0.29) is 23.3 Å². The van der Waals surface area contributed by atoms with E-state index in [0.29, 0.717) is 18.5 Å². The summed E-state index contributed by atoms with van der Waals surface area (Å²) in [5.41, 5.74) is 0.500. The standard InChI is InChI=1S/C15H21NO4S/c1-12(18)13-6-8-15(9-7-13)21(19,20)16(10-3-11-17)14-4-2-5-14/h6-9,14,17H,2-5,10-11H2,1H3. The fourth-order valence-corrected chi connectivity index (χ4v) is 4.12. The Balaban J connectivity index is 2.26. The number of aliphatic hydroxyl groups excluding tert-OH is 1. The van der Waals surface area contributed by atoms with E-state index >= 15 is 0 Å². The Morgan fingerprint density at radius 3 is 2.33 bits per heavy atom. The van der Waals surface area contributed by atoms with E-state index in [1.165, 1.54) is 23.4 Å². The lowest BCUT2D eigenvalue weighted by molar-refractivity contribution is 0.101. The number of hydrogen-bond donors (Lipinski definition) is 1. The Bertz CT molecular complexity index is 591. The Labute approximate surface area is 125 Å². The topological polar surface area (TPSA) is 74.7 Å². The van der Waals surface area contributed by atoms with Crippen molar-refractivity contribution in [1.29, 1.82) is 0 Å². The molecular formula is C15H21NO4S. The van der Waals surface area contributed by atoms with E-state index in [4.69, 9.17) is 5.11 Å². The molecule has 1 aromatic rings. The maximum Gasteiger partial charge on any atom is 0.243 e. The van der Waals surface area contributed by atoms with Gasteiger partial charge in [-0.25, -0.2) is 8.42 Å². The van der Waals surface area contributed by atoms with Crippen LogP contribution in [-0.2, 0) is 10.0 Å². The van der Waals surface area contributed by atoms with Gasteiger partial charge in [0.05, 0.1) is 4.90 Å². The molecule has 1 N–H and O–H groups in total. The molecule has 1 aliphatic carbocycles. The lowest BCUT2D eigenvalue weighted by atomic mass is 9.93. The smallest absolute Gasteiger partial charge is 0.243 e. The van der Waals surface area contributed by atoms with E-state index in [1.807, 2.05) is 0 Å². The SMILES string of the molecule is CC(=O)c1ccc(S(=O)(=O)N(CCCO)C2CCC2)cc1. The minimum Gasteiger partial charge on any atom is -0.396 e. The zero-order valence-corrected chi connectivity index (χ0v) is 13.0. The second kappa shape index (κ2) is 6.68. The second-order valence-electron chi connectivity index (χ2n) is 5.36.